The zero-order valence-corrected chi connectivity index (χ0v) is 20.8. The molecule has 0 radical (unpaired) electrons. The Morgan fingerprint density at radius 1 is 1.03 bits per heavy atom. The molecule has 0 saturated carbocycles. The number of ether oxygens (including phenoxy) is 2. The fraction of sp³-hybridized carbons (Fsp3) is 0.321. The highest BCUT2D eigenvalue weighted by Gasteiger charge is 2.24. The first-order valence-electron chi connectivity index (χ1n) is 12.0. The molecular formula is C28H32FN3O4. The molecule has 36 heavy (non-hydrogen) atoms. The van der Waals surface area contributed by atoms with Crippen LogP contribution in [0.25, 0.3) is 11.3 Å². The van der Waals surface area contributed by atoms with Crippen LogP contribution in [-0.4, -0.2) is 45.1 Å². The summed E-state index contributed by atoms with van der Waals surface area (Å²) < 4.78 is 32.6. The Morgan fingerprint density at radius 3 is 2.44 bits per heavy atom. The normalized spacial score (nSPS) is 12.4. The first-order valence-corrected chi connectivity index (χ1v) is 12.0. The van der Waals surface area contributed by atoms with E-state index in [0.29, 0.717) is 31.3 Å². The topological polar surface area (TPSA) is 72.9 Å². The number of hydrogen-bond acceptors (Lipinski definition) is 6. The monoisotopic (exact) mass is 493 g/mol. The van der Waals surface area contributed by atoms with Crippen molar-refractivity contribution < 1.29 is 23.4 Å². The summed E-state index contributed by atoms with van der Waals surface area (Å²) in [5.74, 6) is 1.49. The van der Waals surface area contributed by atoms with Crippen LogP contribution in [-0.2, 0) is 24.9 Å². The number of nitrogens with zero attached hydrogens (tertiary/aromatic N) is 3. The van der Waals surface area contributed by atoms with Crippen molar-refractivity contribution in [2.75, 3.05) is 13.2 Å². The minimum atomic E-state index is -0.694. The molecule has 2 heterocycles. The molecular weight excluding hydrogens is 461 g/mol. The van der Waals surface area contributed by atoms with Gasteiger partial charge >= 0.3 is 0 Å². The van der Waals surface area contributed by atoms with Gasteiger partial charge in [0.25, 0.3) is 0 Å². The summed E-state index contributed by atoms with van der Waals surface area (Å²) in [4.78, 5) is 2.08. The molecule has 1 N–H and O–H groups in total. The van der Waals surface area contributed by atoms with E-state index in [0.717, 1.165) is 22.6 Å². The lowest BCUT2D eigenvalue weighted by Gasteiger charge is -2.25. The molecule has 7 nitrogen and oxygen atoms in total. The molecule has 0 bridgehead atoms. The lowest BCUT2D eigenvalue weighted by Crippen LogP contribution is -2.35. The van der Waals surface area contributed by atoms with Gasteiger partial charge in [-0.2, -0.15) is 5.10 Å². The van der Waals surface area contributed by atoms with E-state index in [1.54, 1.807) is 23.1 Å². The van der Waals surface area contributed by atoms with E-state index >= 15 is 0 Å². The highest BCUT2D eigenvalue weighted by Crippen LogP contribution is 2.34. The number of aryl methyl sites for hydroxylation is 1. The van der Waals surface area contributed by atoms with Gasteiger partial charge in [-0.3, -0.25) is 4.90 Å². The van der Waals surface area contributed by atoms with Crippen LogP contribution < -0.4 is 4.74 Å². The second-order valence-corrected chi connectivity index (χ2v) is 8.96. The standard InChI is InChI=1S/C28H32FN3O4/c1-20(2)35-19-23(33)16-32(17-25-10-7-15-34-25)18-26-27(21-8-5-4-6-9-21)30-31(3)28(26)36-24-13-11-22(29)12-14-24/h4-15,20,23,33H,16-19H2,1-3H3/t23-/m0/s1. The molecule has 0 aliphatic heterocycles. The fourth-order valence-electron chi connectivity index (χ4n) is 3.95. The van der Waals surface area contributed by atoms with Gasteiger partial charge in [-0.15, -0.1) is 0 Å². The van der Waals surface area contributed by atoms with Gasteiger partial charge in [0, 0.05) is 25.7 Å². The maximum atomic E-state index is 13.5. The summed E-state index contributed by atoms with van der Waals surface area (Å²) in [7, 11) is 1.82. The maximum absolute atomic E-state index is 13.5. The summed E-state index contributed by atoms with van der Waals surface area (Å²) in [5, 5.41) is 15.5. The second-order valence-electron chi connectivity index (χ2n) is 8.96. The summed E-state index contributed by atoms with van der Waals surface area (Å²) in [6.07, 6.45) is 0.964. The minimum absolute atomic E-state index is 0.0249. The van der Waals surface area contributed by atoms with E-state index in [-0.39, 0.29) is 18.5 Å². The van der Waals surface area contributed by atoms with Crippen molar-refractivity contribution in [1.82, 2.24) is 14.7 Å². The van der Waals surface area contributed by atoms with Crippen molar-refractivity contribution in [1.29, 1.82) is 0 Å². The van der Waals surface area contributed by atoms with Crippen molar-refractivity contribution in [3.8, 4) is 22.9 Å². The van der Waals surface area contributed by atoms with Crippen LogP contribution in [0.1, 0.15) is 25.2 Å². The van der Waals surface area contributed by atoms with Crippen molar-refractivity contribution >= 4 is 0 Å². The Morgan fingerprint density at radius 2 is 1.78 bits per heavy atom. The van der Waals surface area contributed by atoms with Crippen LogP contribution >= 0.6 is 0 Å². The van der Waals surface area contributed by atoms with Crippen LogP contribution in [0.3, 0.4) is 0 Å². The molecule has 0 saturated heterocycles. The molecule has 190 valence electrons. The number of rotatable bonds is 12. The fourth-order valence-corrected chi connectivity index (χ4v) is 3.95. The first kappa shape index (κ1) is 25.6. The molecule has 0 amide bonds. The van der Waals surface area contributed by atoms with Crippen LogP contribution in [0.4, 0.5) is 4.39 Å². The average molecular weight is 494 g/mol. The van der Waals surface area contributed by atoms with E-state index in [2.05, 4.69) is 4.90 Å². The maximum Gasteiger partial charge on any atom is 0.222 e. The Balaban J connectivity index is 1.68. The van der Waals surface area contributed by atoms with E-state index in [9.17, 15) is 9.50 Å². The van der Waals surface area contributed by atoms with E-state index in [1.165, 1.54) is 12.1 Å². The van der Waals surface area contributed by atoms with Crippen LogP contribution in [0.2, 0.25) is 0 Å². The largest absolute Gasteiger partial charge is 0.468 e. The summed E-state index contributed by atoms with van der Waals surface area (Å²) in [6.45, 7) is 5.36. The van der Waals surface area contributed by atoms with Crippen LogP contribution in [0.15, 0.2) is 77.4 Å². The summed E-state index contributed by atoms with van der Waals surface area (Å²) in [6, 6.07) is 19.5. The van der Waals surface area contributed by atoms with Crippen LogP contribution in [0, 0.1) is 5.82 Å². The molecule has 0 unspecified atom stereocenters. The Bertz CT molecular complexity index is 1210. The summed E-state index contributed by atoms with van der Waals surface area (Å²) >= 11 is 0. The second kappa shape index (κ2) is 12.0. The Hall–Kier alpha value is -3.46. The van der Waals surface area contributed by atoms with Crippen molar-refractivity contribution in [3.63, 3.8) is 0 Å². The van der Waals surface area contributed by atoms with Gasteiger partial charge in [-0.05, 0) is 50.2 Å². The molecule has 2 aromatic carbocycles. The summed E-state index contributed by atoms with van der Waals surface area (Å²) in [5.41, 5.74) is 2.56. The van der Waals surface area contributed by atoms with E-state index < -0.39 is 6.10 Å². The minimum Gasteiger partial charge on any atom is -0.468 e. The number of halogens is 1. The Kier molecular flexibility index (Phi) is 8.53. The molecule has 2 aromatic heterocycles. The SMILES string of the molecule is CC(C)OC[C@@H](O)CN(Cc1ccco1)Cc1c(-c2ccccc2)nn(C)c1Oc1ccc(F)cc1. The van der Waals surface area contributed by atoms with Gasteiger partial charge in [0.15, 0.2) is 0 Å². The number of aliphatic hydroxyl groups excluding tert-OH is 1. The number of aliphatic hydroxyl groups is 1. The first-order chi connectivity index (χ1) is 17.4. The van der Waals surface area contributed by atoms with E-state index in [4.69, 9.17) is 19.0 Å². The third-order valence-corrected chi connectivity index (χ3v) is 5.60. The quantitative estimate of drug-likeness (QED) is 0.285. The predicted molar refractivity (Wildman–Crippen MR) is 135 cm³/mol. The smallest absolute Gasteiger partial charge is 0.222 e. The molecule has 0 aliphatic carbocycles. The van der Waals surface area contributed by atoms with Crippen molar-refractivity contribution in [2.24, 2.45) is 7.05 Å². The number of furan rings is 1. The molecule has 0 aliphatic rings. The molecule has 4 rings (SSSR count). The van der Waals surface area contributed by atoms with Gasteiger partial charge in [-0.1, -0.05) is 30.3 Å². The van der Waals surface area contributed by atoms with Gasteiger partial charge in [0.1, 0.15) is 23.0 Å². The van der Waals surface area contributed by atoms with Gasteiger partial charge < -0.3 is 19.0 Å². The van der Waals surface area contributed by atoms with Crippen LogP contribution in [0.5, 0.6) is 11.6 Å². The molecule has 1 atom stereocenters. The number of hydrogen-bond donors (Lipinski definition) is 1. The highest BCUT2D eigenvalue weighted by atomic mass is 19.1. The third kappa shape index (κ3) is 6.81. The Labute approximate surface area is 210 Å². The molecule has 0 spiro atoms. The molecule has 4 aromatic rings. The predicted octanol–water partition coefficient (Wildman–Crippen LogP) is 5.40. The lowest BCUT2D eigenvalue weighted by atomic mass is 10.1. The lowest BCUT2D eigenvalue weighted by molar-refractivity contribution is -0.0114. The average Bonchev–Trinajstić information content (AvgIpc) is 3.48. The number of benzene rings is 2. The van der Waals surface area contributed by atoms with Gasteiger partial charge in [-0.25, -0.2) is 9.07 Å². The zero-order chi connectivity index (χ0) is 25.5. The van der Waals surface area contributed by atoms with Gasteiger partial charge in [0.05, 0.1) is 37.2 Å². The molecule has 0 fully saturated rings. The highest BCUT2D eigenvalue weighted by molar-refractivity contribution is 5.65. The van der Waals surface area contributed by atoms with Gasteiger partial charge in [0.2, 0.25) is 5.88 Å². The van der Waals surface area contributed by atoms with E-state index in [1.807, 2.05) is 63.4 Å². The zero-order valence-electron chi connectivity index (χ0n) is 20.8. The number of aromatic nitrogens is 2. The third-order valence-electron chi connectivity index (χ3n) is 5.60. The van der Waals surface area contributed by atoms with Crippen molar-refractivity contribution in [2.45, 2.75) is 39.1 Å². The van der Waals surface area contributed by atoms with Crippen molar-refractivity contribution in [3.05, 3.63) is 90.1 Å². The molecule has 8 heteroatoms.